The Labute approximate surface area is 150 Å². The monoisotopic (exact) mass is 340 g/mol. The highest BCUT2D eigenvalue weighted by molar-refractivity contribution is 5.79. The second kappa shape index (κ2) is 9.06. The van der Waals surface area contributed by atoms with Crippen LogP contribution in [0, 0.1) is 0 Å². The number of aliphatic imine (C=N–C) groups is 1. The van der Waals surface area contributed by atoms with E-state index in [0.29, 0.717) is 0 Å². The summed E-state index contributed by atoms with van der Waals surface area (Å²) in [6.45, 7) is 5.96. The lowest BCUT2D eigenvalue weighted by atomic mass is 9.84. The van der Waals surface area contributed by atoms with Gasteiger partial charge in [-0.2, -0.15) is 0 Å². The van der Waals surface area contributed by atoms with Crippen molar-refractivity contribution in [2.45, 2.75) is 25.7 Å². The molecule has 0 aliphatic carbocycles. The number of guanidine groups is 1. The summed E-state index contributed by atoms with van der Waals surface area (Å²) in [5, 5.41) is 6.75. The second-order valence-corrected chi connectivity index (χ2v) is 6.54. The molecule has 0 radical (unpaired) electrons. The lowest BCUT2D eigenvalue weighted by molar-refractivity contribution is 0.411. The zero-order valence-electron chi connectivity index (χ0n) is 15.5. The molecule has 0 aliphatic heterocycles. The molecule has 2 rings (SSSR count). The SMILES string of the molecule is CN=C(NCCc1ccccn1)NCC(C)(C)c1cccc(OC)c1. The van der Waals surface area contributed by atoms with Crippen LogP contribution >= 0.6 is 0 Å². The molecule has 1 heterocycles. The van der Waals surface area contributed by atoms with Gasteiger partial charge in [-0.25, -0.2) is 0 Å². The van der Waals surface area contributed by atoms with Gasteiger partial charge in [-0.3, -0.25) is 9.98 Å². The van der Waals surface area contributed by atoms with E-state index >= 15 is 0 Å². The summed E-state index contributed by atoms with van der Waals surface area (Å²) < 4.78 is 5.33. The van der Waals surface area contributed by atoms with Crippen molar-refractivity contribution in [2.75, 3.05) is 27.2 Å². The van der Waals surface area contributed by atoms with Gasteiger partial charge in [-0.1, -0.05) is 32.0 Å². The van der Waals surface area contributed by atoms with Crippen molar-refractivity contribution < 1.29 is 4.74 Å². The summed E-state index contributed by atoms with van der Waals surface area (Å²) in [5.74, 6) is 1.68. The molecule has 0 aliphatic rings. The highest BCUT2D eigenvalue weighted by Gasteiger charge is 2.21. The number of benzene rings is 1. The number of rotatable bonds is 7. The van der Waals surface area contributed by atoms with E-state index in [4.69, 9.17) is 4.74 Å². The average Bonchev–Trinajstić information content (AvgIpc) is 2.65. The van der Waals surface area contributed by atoms with E-state index in [1.165, 1.54) is 5.56 Å². The number of hydrogen-bond donors (Lipinski definition) is 2. The number of nitrogens with zero attached hydrogens (tertiary/aromatic N) is 2. The molecule has 2 N–H and O–H groups in total. The lowest BCUT2D eigenvalue weighted by Gasteiger charge is -2.27. The number of nitrogens with one attached hydrogen (secondary N) is 2. The van der Waals surface area contributed by atoms with Crippen molar-refractivity contribution in [2.24, 2.45) is 4.99 Å². The van der Waals surface area contributed by atoms with E-state index in [9.17, 15) is 0 Å². The molecule has 134 valence electrons. The molecular formula is C20H28N4O. The van der Waals surface area contributed by atoms with Gasteiger partial charge in [0.25, 0.3) is 0 Å². The number of ether oxygens (including phenoxy) is 1. The minimum atomic E-state index is -0.0485. The first-order chi connectivity index (χ1) is 12.0. The first-order valence-corrected chi connectivity index (χ1v) is 8.54. The molecule has 0 unspecified atom stereocenters. The van der Waals surface area contributed by atoms with Crippen LogP contribution in [0.5, 0.6) is 5.75 Å². The maximum atomic E-state index is 5.33. The average molecular weight is 340 g/mol. The van der Waals surface area contributed by atoms with Crippen LogP contribution in [0.3, 0.4) is 0 Å². The number of methoxy groups -OCH3 is 1. The van der Waals surface area contributed by atoms with Crippen molar-refractivity contribution in [3.63, 3.8) is 0 Å². The molecular weight excluding hydrogens is 312 g/mol. The molecule has 0 atom stereocenters. The predicted molar refractivity (Wildman–Crippen MR) is 103 cm³/mol. The molecule has 5 nitrogen and oxygen atoms in total. The quantitative estimate of drug-likeness (QED) is 0.601. The van der Waals surface area contributed by atoms with Crippen molar-refractivity contribution >= 4 is 5.96 Å². The van der Waals surface area contributed by atoms with E-state index in [-0.39, 0.29) is 5.41 Å². The highest BCUT2D eigenvalue weighted by Crippen LogP contribution is 2.25. The Hall–Kier alpha value is -2.56. The predicted octanol–water partition coefficient (Wildman–Crippen LogP) is 2.78. The zero-order valence-corrected chi connectivity index (χ0v) is 15.5. The smallest absolute Gasteiger partial charge is 0.191 e. The molecule has 25 heavy (non-hydrogen) atoms. The van der Waals surface area contributed by atoms with Crippen molar-refractivity contribution in [1.29, 1.82) is 0 Å². The molecule has 5 heteroatoms. The molecule has 0 saturated heterocycles. The van der Waals surface area contributed by atoms with E-state index in [1.807, 2.05) is 36.5 Å². The summed E-state index contributed by atoms with van der Waals surface area (Å²) >= 11 is 0. The normalized spacial score (nSPS) is 11.9. The van der Waals surface area contributed by atoms with Crippen LogP contribution in [0.1, 0.15) is 25.1 Å². The summed E-state index contributed by atoms with van der Waals surface area (Å²) in [6.07, 6.45) is 2.68. The Balaban J connectivity index is 1.86. The summed E-state index contributed by atoms with van der Waals surface area (Å²) in [5.41, 5.74) is 2.25. The minimum absolute atomic E-state index is 0.0485. The number of pyridine rings is 1. The van der Waals surface area contributed by atoms with Gasteiger partial charge < -0.3 is 15.4 Å². The van der Waals surface area contributed by atoms with Crippen molar-refractivity contribution in [3.8, 4) is 5.75 Å². The highest BCUT2D eigenvalue weighted by atomic mass is 16.5. The van der Waals surface area contributed by atoms with E-state index in [1.54, 1.807) is 14.2 Å². The lowest BCUT2D eigenvalue weighted by Crippen LogP contribution is -2.44. The van der Waals surface area contributed by atoms with Crippen molar-refractivity contribution in [3.05, 3.63) is 59.9 Å². The third-order valence-electron chi connectivity index (χ3n) is 4.17. The van der Waals surface area contributed by atoms with Crippen LogP contribution in [0.2, 0.25) is 0 Å². The number of hydrogen-bond acceptors (Lipinski definition) is 3. The summed E-state index contributed by atoms with van der Waals surface area (Å²) in [6, 6.07) is 14.2. The van der Waals surface area contributed by atoms with Gasteiger partial charge in [0.1, 0.15) is 5.75 Å². The standard InChI is InChI=1S/C20H28N4O/c1-20(2,16-8-7-10-18(14-16)25-4)15-24-19(21-3)23-13-11-17-9-5-6-12-22-17/h5-10,12,14H,11,13,15H2,1-4H3,(H2,21,23,24). The van der Waals surface area contributed by atoms with Gasteiger partial charge in [-0.05, 0) is 29.8 Å². The molecule has 1 aromatic heterocycles. The molecule has 2 aromatic rings. The summed E-state index contributed by atoms with van der Waals surface area (Å²) in [4.78, 5) is 8.63. The first-order valence-electron chi connectivity index (χ1n) is 8.54. The van der Waals surface area contributed by atoms with E-state index in [0.717, 1.165) is 36.9 Å². The molecule has 0 spiro atoms. The van der Waals surface area contributed by atoms with E-state index < -0.39 is 0 Å². The van der Waals surface area contributed by atoms with Gasteiger partial charge in [0.05, 0.1) is 7.11 Å². The van der Waals surface area contributed by atoms with E-state index in [2.05, 4.69) is 46.6 Å². The largest absolute Gasteiger partial charge is 0.497 e. The molecule has 0 fully saturated rings. The fourth-order valence-corrected chi connectivity index (χ4v) is 2.53. The molecule has 0 saturated carbocycles. The van der Waals surface area contributed by atoms with Gasteiger partial charge >= 0.3 is 0 Å². The van der Waals surface area contributed by atoms with Crippen LogP contribution in [-0.4, -0.2) is 38.2 Å². The zero-order chi connectivity index (χ0) is 18.1. The molecule has 0 bridgehead atoms. The Morgan fingerprint density at radius 3 is 2.68 bits per heavy atom. The Kier molecular flexibility index (Phi) is 6.81. The first kappa shape index (κ1) is 18.8. The second-order valence-electron chi connectivity index (χ2n) is 6.54. The van der Waals surface area contributed by atoms with Gasteiger partial charge in [-0.15, -0.1) is 0 Å². The maximum Gasteiger partial charge on any atom is 0.191 e. The fourth-order valence-electron chi connectivity index (χ4n) is 2.53. The van der Waals surface area contributed by atoms with Crippen LogP contribution in [0.25, 0.3) is 0 Å². The van der Waals surface area contributed by atoms with Crippen LogP contribution < -0.4 is 15.4 Å². The Morgan fingerprint density at radius 1 is 1.16 bits per heavy atom. The minimum Gasteiger partial charge on any atom is -0.497 e. The Morgan fingerprint density at radius 2 is 2.00 bits per heavy atom. The van der Waals surface area contributed by atoms with Gasteiger partial charge in [0.2, 0.25) is 0 Å². The number of aromatic nitrogens is 1. The maximum absolute atomic E-state index is 5.33. The van der Waals surface area contributed by atoms with Crippen LogP contribution in [0.15, 0.2) is 53.7 Å². The third-order valence-corrected chi connectivity index (χ3v) is 4.17. The van der Waals surface area contributed by atoms with Crippen molar-refractivity contribution in [1.82, 2.24) is 15.6 Å². The molecule has 0 amide bonds. The third kappa shape index (κ3) is 5.78. The summed E-state index contributed by atoms with van der Waals surface area (Å²) in [7, 11) is 3.48. The molecule has 1 aromatic carbocycles. The van der Waals surface area contributed by atoms with Gasteiger partial charge in [0, 0.05) is 43.9 Å². The fraction of sp³-hybridized carbons (Fsp3) is 0.400. The van der Waals surface area contributed by atoms with Crippen LogP contribution in [0.4, 0.5) is 0 Å². The van der Waals surface area contributed by atoms with Gasteiger partial charge in [0.15, 0.2) is 5.96 Å². The Bertz CT molecular complexity index is 683. The topological polar surface area (TPSA) is 58.5 Å². The van der Waals surface area contributed by atoms with Crippen LogP contribution in [-0.2, 0) is 11.8 Å².